The Morgan fingerprint density at radius 1 is 1.11 bits per heavy atom. The van der Waals surface area contributed by atoms with Crippen molar-refractivity contribution in [3.63, 3.8) is 0 Å². The molecule has 1 aromatic carbocycles. The van der Waals surface area contributed by atoms with Crippen molar-refractivity contribution in [1.82, 2.24) is 0 Å². The van der Waals surface area contributed by atoms with Crippen LogP contribution in [0.2, 0.25) is 0 Å². The van der Waals surface area contributed by atoms with Crippen LogP contribution in [0.1, 0.15) is 0 Å². The number of para-hydroxylation sites is 1. The Balaban J connectivity index is 2.59. The van der Waals surface area contributed by atoms with Crippen molar-refractivity contribution in [3.8, 4) is 17.6 Å². The smallest absolute Gasteiger partial charge is 0.352 e. The highest BCUT2D eigenvalue weighted by Gasteiger charge is 2.26. The van der Waals surface area contributed by atoms with Crippen LogP contribution in [-0.2, 0) is 14.2 Å². The van der Waals surface area contributed by atoms with Gasteiger partial charge in [-0.05, 0) is 34.0 Å². The molecule has 0 aromatic heterocycles. The molecular formula is C13H15BrO4. The van der Waals surface area contributed by atoms with E-state index in [1.807, 2.05) is 24.3 Å². The Kier molecular flexibility index (Phi) is 6.16. The Morgan fingerprint density at radius 2 is 1.72 bits per heavy atom. The maximum atomic E-state index is 5.48. The highest BCUT2D eigenvalue weighted by Crippen LogP contribution is 2.23. The SMILES string of the molecule is COC(C#CCOc1ccccc1Br)(OC)OC. The summed E-state index contributed by atoms with van der Waals surface area (Å²) in [7, 11) is 4.36. The molecule has 0 N–H and O–H groups in total. The lowest BCUT2D eigenvalue weighted by Gasteiger charge is -2.21. The maximum absolute atomic E-state index is 5.48. The molecule has 0 aliphatic heterocycles. The fourth-order valence-corrected chi connectivity index (χ4v) is 1.62. The van der Waals surface area contributed by atoms with Crippen molar-refractivity contribution >= 4 is 15.9 Å². The van der Waals surface area contributed by atoms with E-state index in [0.717, 1.165) is 10.2 Å². The predicted molar refractivity (Wildman–Crippen MR) is 71.2 cm³/mol. The molecule has 0 fully saturated rings. The van der Waals surface area contributed by atoms with E-state index in [-0.39, 0.29) is 6.61 Å². The molecule has 0 saturated heterocycles. The van der Waals surface area contributed by atoms with Gasteiger partial charge in [-0.3, -0.25) is 0 Å². The number of benzene rings is 1. The van der Waals surface area contributed by atoms with E-state index < -0.39 is 5.97 Å². The van der Waals surface area contributed by atoms with Crippen molar-refractivity contribution in [2.45, 2.75) is 5.97 Å². The van der Waals surface area contributed by atoms with Crippen LogP contribution in [0.3, 0.4) is 0 Å². The molecule has 1 rings (SSSR count). The molecule has 18 heavy (non-hydrogen) atoms. The molecule has 0 aliphatic carbocycles. The molecule has 4 nitrogen and oxygen atoms in total. The third-order valence-electron chi connectivity index (χ3n) is 2.18. The van der Waals surface area contributed by atoms with Crippen LogP contribution in [0.15, 0.2) is 28.7 Å². The van der Waals surface area contributed by atoms with E-state index in [0.29, 0.717) is 0 Å². The minimum Gasteiger partial charge on any atom is -0.480 e. The van der Waals surface area contributed by atoms with Gasteiger partial charge < -0.3 is 18.9 Å². The third-order valence-corrected chi connectivity index (χ3v) is 2.84. The fraction of sp³-hybridized carbons (Fsp3) is 0.385. The summed E-state index contributed by atoms with van der Waals surface area (Å²) in [5, 5.41) is 0. The van der Waals surface area contributed by atoms with Crippen LogP contribution in [0.4, 0.5) is 0 Å². The van der Waals surface area contributed by atoms with Crippen LogP contribution in [0.5, 0.6) is 5.75 Å². The molecule has 0 aliphatic rings. The van der Waals surface area contributed by atoms with Gasteiger partial charge in [0.05, 0.1) is 4.47 Å². The van der Waals surface area contributed by atoms with Crippen molar-refractivity contribution < 1.29 is 18.9 Å². The zero-order valence-electron chi connectivity index (χ0n) is 10.5. The van der Waals surface area contributed by atoms with Gasteiger partial charge in [0.25, 0.3) is 0 Å². The van der Waals surface area contributed by atoms with E-state index in [4.69, 9.17) is 18.9 Å². The molecule has 0 radical (unpaired) electrons. The fourth-order valence-electron chi connectivity index (χ4n) is 1.22. The van der Waals surface area contributed by atoms with Gasteiger partial charge in [0.1, 0.15) is 12.4 Å². The Bertz CT molecular complexity index is 424. The van der Waals surface area contributed by atoms with Gasteiger partial charge in [-0.1, -0.05) is 18.1 Å². The lowest BCUT2D eigenvalue weighted by Crippen LogP contribution is -2.34. The summed E-state index contributed by atoms with van der Waals surface area (Å²) >= 11 is 3.38. The predicted octanol–water partition coefficient (Wildman–Crippen LogP) is 2.42. The first-order valence-corrected chi connectivity index (χ1v) is 5.99. The molecule has 98 valence electrons. The first-order chi connectivity index (χ1) is 8.67. The number of rotatable bonds is 5. The molecule has 0 bridgehead atoms. The van der Waals surface area contributed by atoms with Gasteiger partial charge in [0, 0.05) is 21.3 Å². The molecule has 1 aromatic rings. The average molecular weight is 315 g/mol. The molecular weight excluding hydrogens is 300 g/mol. The van der Waals surface area contributed by atoms with Gasteiger partial charge in [-0.15, -0.1) is 0 Å². The number of halogens is 1. The van der Waals surface area contributed by atoms with Crippen molar-refractivity contribution in [3.05, 3.63) is 28.7 Å². The number of methoxy groups -OCH3 is 3. The lowest BCUT2D eigenvalue weighted by molar-refractivity contribution is -0.311. The maximum Gasteiger partial charge on any atom is 0.352 e. The van der Waals surface area contributed by atoms with Crippen LogP contribution in [-0.4, -0.2) is 33.9 Å². The summed E-state index contributed by atoms with van der Waals surface area (Å²) in [5.74, 6) is 4.89. The highest BCUT2D eigenvalue weighted by atomic mass is 79.9. The van der Waals surface area contributed by atoms with E-state index in [2.05, 4.69) is 27.8 Å². The Hall–Kier alpha value is -1.06. The summed E-state index contributed by atoms with van der Waals surface area (Å²) < 4.78 is 21.4. The molecule has 0 unspecified atom stereocenters. The molecule has 0 heterocycles. The van der Waals surface area contributed by atoms with Crippen LogP contribution in [0.25, 0.3) is 0 Å². The number of hydrogen-bond donors (Lipinski definition) is 0. The van der Waals surface area contributed by atoms with Gasteiger partial charge >= 0.3 is 5.97 Å². The van der Waals surface area contributed by atoms with E-state index in [9.17, 15) is 0 Å². The summed E-state index contributed by atoms with van der Waals surface area (Å²) in [6.45, 7) is 0.209. The van der Waals surface area contributed by atoms with E-state index in [1.54, 1.807) is 0 Å². The number of hydrogen-bond acceptors (Lipinski definition) is 4. The molecule has 5 heteroatoms. The van der Waals surface area contributed by atoms with Gasteiger partial charge in [0.2, 0.25) is 0 Å². The molecule has 0 saturated carbocycles. The monoisotopic (exact) mass is 314 g/mol. The van der Waals surface area contributed by atoms with E-state index >= 15 is 0 Å². The van der Waals surface area contributed by atoms with Gasteiger partial charge in [-0.2, -0.15) is 0 Å². The topological polar surface area (TPSA) is 36.9 Å². The average Bonchev–Trinajstić information content (AvgIpc) is 2.42. The van der Waals surface area contributed by atoms with Crippen molar-refractivity contribution in [2.75, 3.05) is 27.9 Å². The minimum atomic E-state index is -1.34. The largest absolute Gasteiger partial charge is 0.480 e. The van der Waals surface area contributed by atoms with Crippen LogP contribution < -0.4 is 4.74 Å². The van der Waals surface area contributed by atoms with Gasteiger partial charge in [-0.25, -0.2) is 0 Å². The van der Waals surface area contributed by atoms with Crippen LogP contribution >= 0.6 is 15.9 Å². The second-order valence-electron chi connectivity index (χ2n) is 3.19. The summed E-state index contributed by atoms with van der Waals surface area (Å²) in [6.07, 6.45) is 0. The van der Waals surface area contributed by atoms with E-state index in [1.165, 1.54) is 21.3 Å². The molecule has 0 amide bonds. The van der Waals surface area contributed by atoms with Crippen molar-refractivity contribution in [2.24, 2.45) is 0 Å². The van der Waals surface area contributed by atoms with Crippen LogP contribution in [0, 0.1) is 11.8 Å². The quantitative estimate of drug-likeness (QED) is 0.618. The zero-order chi connectivity index (χ0) is 13.4. The first-order valence-electron chi connectivity index (χ1n) is 5.20. The Morgan fingerprint density at radius 3 is 2.28 bits per heavy atom. The van der Waals surface area contributed by atoms with Crippen molar-refractivity contribution in [1.29, 1.82) is 0 Å². The second kappa shape index (κ2) is 7.39. The lowest BCUT2D eigenvalue weighted by atomic mass is 10.3. The first kappa shape index (κ1) is 15.0. The second-order valence-corrected chi connectivity index (χ2v) is 4.04. The van der Waals surface area contributed by atoms with Gasteiger partial charge in [0.15, 0.2) is 0 Å². The normalized spacial score (nSPS) is 10.7. The Labute approximate surface area is 115 Å². The summed E-state index contributed by atoms with van der Waals surface area (Å²) in [5.41, 5.74) is 0. The molecule has 0 spiro atoms. The standard InChI is InChI=1S/C13H15BrO4/c1-15-13(16-2,17-3)9-6-10-18-12-8-5-4-7-11(12)14/h4-5,7-8H,10H2,1-3H3. The zero-order valence-corrected chi connectivity index (χ0v) is 12.1. The summed E-state index contributed by atoms with van der Waals surface area (Å²) in [6, 6.07) is 7.54. The number of ether oxygens (including phenoxy) is 4. The third kappa shape index (κ3) is 4.00. The highest BCUT2D eigenvalue weighted by molar-refractivity contribution is 9.10. The molecule has 0 atom stereocenters. The minimum absolute atomic E-state index is 0.209. The summed E-state index contributed by atoms with van der Waals surface area (Å²) in [4.78, 5) is 0.